The van der Waals surface area contributed by atoms with Gasteiger partial charge >= 0.3 is 0 Å². The van der Waals surface area contributed by atoms with E-state index in [0.29, 0.717) is 11.4 Å². The van der Waals surface area contributed by atoms with Gasteiger partial charge in [0.05, 0.1) is 28.0 Å². The molecular weight excluding hydrogens is 827 g/mol. The summed E-state index contributed by atoms with van der Waals surface area (Å²) in [6, 6.07) is 58.9. The fourth-order valence-corrected chi connectivity index (χ4v) is 9.27. The summed E-state index contributed by atoms with van der Waals surface area (Å²) >= 11 is 0. The van der Waals surface area contributed by atoms with E-state index in [1.54, 1.807) is 0 Å². The number of hydrogen-bond donors (Lipinski definition) is 1. The van der Waals surface area contributed by atoms with Crippen molar-refractivity contribution in [3.05, 3.63) is 192 Å². The number of phenolic OH excluding ortho intramolecular Hbond substituents is 1. The van der Waals surface area contributed by atoms with Crippen molar-refractivity contribution in [1.29, 1.82) is 0 Å². The molecule has 0 fully saturated rings. The minimum absolute atomic E-state index is 0.0724. The fraction of sp³-hybridized carbons (Fsp3) is 0.250. The van der Waals surface area contributed by atoms with Crippen molar-refractivity contribution in [2.75, 3.05) is 0 Å². The first-order valence-electron chi connectivity index (χ1n) is 24.0. The molecule has 4 nitrogen and oxygen atoms in total. The minimum atomic E-state index is -0.332. The van der Waals surface area contributed by atoms with Gasteiger partial charge in [0.1, 0.15) is 11.6 Å². The fourth-order valence-electron chi connectivity index (χ4n) is 9.27. The third kappa shape index (κ3) is 9.05. The molecule has 9 aromatic rings. The van der Waals surface area contributed by atoms with Crippen molar-refractivity contribution < 1.29 is 5.11 Å². The number of phenols is 1. The van der Waals surface area contributed by atoms with Crippen LogP contribution in [0.5, 0.6) is 5.75 Å². The molecule has 0 atom stereocenters. The lowest BCUT2D eigenvalue weighted by atomic mass is 9.79. The third-order valence-electron chi connectivity index (χ3n) is 13.4. The van der Waals surface area contributed by atoms with E-state index in [-0.39, 0.29) is 27.4 Å². The van der Waals surface area contributed by atoms with Crippen molar-refractivity contribution in [2.24, 2.45) is 0 Å². The number of imidazole rings is 1. The molecule has 0 aliphatic heterocycles. The van der Waals surface area contributed by atoms with Crippen LogP contribution in [0.1, 0.15) is 105 Å². The summed E-state index contributed by atoms with van der Waals surface area (Å²) in [6.07, 6.45) is 1.92. The van der Waals surface area contributed by atoms with Crippen molar-refractivity contribution in [2.45, 2.75) is 105 Å². The number of aromatic nitrogens is 3. The van der Waals surface area contributed by atoms with Crippen LogP contribution in [0.3, 0.4) is 0 Å². The van der Waals surface area contributed by atoms with Crippen LogP contribution in [0, 0.1) is 0 Å². The van der Waals surface area contributed by atoms with Gasteiger partial charge in [-0.15, -0.1) is 0 Å². The first-order valence-corrected chi connectivity index (χ1v) is 24.0. The minimum Gasteiger partial charge on any atom is -0.507 e. The molecule has 9 rings (SSSR count). The zero-order chi connectivity index (χ0) is 48.3. The first kappa shape index (κ1) is 46.1. The molecule has 1 N–H and O–H groups in total. The van der Waals surface area contributed by atoms with Gasteiger partial charge in [-0.2, -0.15) is 0 Å². The van der Waals surface area contributed by atoms with Crippen LogP contribution in [0.2, 0.25) is 0 Å². The monoisotopic (exact) mass is 892 g/mol. The van der Waals surface area contributed by atoms with Crippen molar-refractivity contribution in [3.63, 3.8) is 0 Å². The predicted molar refractivity (Wildman–Crippen MR) is 288 cm³/mol. The van der Waals surface area contributed by atoms with Crippen LogP contribution in [-0.2, 0) is 21.7 Å². The standard InChI is InChI=1S/C64H65N3O/c1-61(2,3)48-28-26-42(27-29-48)44-32-33-65-55(37-44)47-35-45(41-20-15-13-16-21-41)34-46(36-47)51-24-19-25-57-58(51)66-60(53-39-50(63(7,8)9)40-54(59(53)68)64(10,11)12)67(57)56-31-30-49(62(4,5)6)38-52(56)43-22-17-14-18-23-43/h13-40,68H,1-12H3. The van der Waals surface area contributed by atoms with Crippen LogP contribution in [-0.4, -0.2) is 19.6 Å². The van der Waals surface area contributed by atoms with Crippen LogP contribution in [0.25, 0.3) is 83.9 Å². The zero-order valence-corrected chi connectivity index (χ0v) is 42.0. The number of para-hydroxylation sites is 1. The molecule has 0 saturated carbocycles. The van der Waals surface area contributed by atoms with E-state index in [0.717, 1.165) is 83.6 Å². The summed E-state index contributed by atoms with van der Waals surface area (Å²) < 4.78 is 2.29. The SMILES string of the molecule is CC(C)(C)c1ccc(-c2ccnc(-c3cc(-c4ccccc4)cc(-c4cccc5c4nc(-c4cc(C(C)(C)C)cc(C(C)(C)C)c4O)n5-c4ccc(C(C)(C)C)cc4-c4ccccc4)c3)c2)cc1. The third-order valence-corrected chi connectivity index (χ3v) is 13.4. The van der Waals surface area contributed by atoms with Crippen LogP contribution in [0.4, 0.5) is 0 Å². The summed E-state index contributed by atoms with van der Waals surface area (Å²) in [5.41, 5.74) is 18.2. The summed E-state index contributed by atoms with van der Waals surface area (Å²) in [6.45, 7) is 26.8. The molecule has 0 amide bonds. The van der Waals surface area contributed by atoms with Crippen LogP contribution < -0.4 is 0 Å². The lowest BCUT2D eigenvalue weighted by Gasteiger charge is -2.28. The van der Waals surface area contributed by atoms with Crippen molar-refractivity contribution in [3.8, 4) is 78.6 Å². The molecule has 2 aromatic heterocycles. The second-order valence-corrected chi connectivity index (χ2v) is 22.6. The average Bonchev–Trinajstić information content (AvgIpc) is 3.70. The Morgan fingerprint density at radius 1 is 0.397 bits per heavy atom. The molecular formula is C64H65N3O. The highest BCUT2D eigenvalue weighted by molar-refractivity contribution is 5.98. The average molecular weight is 892 g/mol. The summed E-state index contributed by atoms with van der Waals surface area (Å²) in [5.74, 6) is 0.942. The molecule has 0 saturated heterocycles. The van der Waals surface area contributed by atoms with E-state index in [2.05, 4.69) is 251 Å². The lowest BCUT2D eigenvalue weighted by Crippen LogP contribution is -2.17. The molecule has 342 valence electrons. The highest BCUT2D eigenvalue weighted by Crippen LogP contribution is 2.46. The van der Waals surface area contributed by atoms with Crippen molar-refractivity contribution in [1.82, 2.24) is 14.5 Å². The molecule has 0 unspecified atom stereocenters. The Kier molecular flexibility index (Phi) is 11.7. The van der Waals surface area contributed by atoms with Crippen LogP contribution >= 0.6 is 0 Å². The molecule has 7 aromatic carbocycles. The Hall–Kier alpha value is -7.04. The molecule has 4 heteroatoms. The van der Waals surface area contributed by atoms with Gasteiger partial charge in [0, 0.05) is 28.5 Å². The summed E-state index contributed by atoms with van der Waals surface area (Å²) in [4.78, 5) is 10.7. The Morgan fingerprint density at radius 2 is 0.971 bits per heavy atom. The summed E-state index contributed by atoms with van der Waals surface area (Å²) in [7, 11) is 0. The zero-order valence-electron chi connectivity index (χ0n) is 42.0. The number of rotatable bonds is 7. The number of aromatic hydroxyl groups is 1. The quantitative estimate of drug-likeness (QED) is 0.173. The van der Waals surface area contributed by atoms with E-state index in [1.165, 1.54) is 11.1 Å². The van der Waals surface area contributed by atoms with Gasteiger partial charge in [-0.1, -0.05) is 192 Å². The molecule has 0 aliphatic carbocycles. The maximum absolute atomic E-state index is 12.6. The van der Waals surface area contributed by atoms with Gasteiger partial charge in [0.25, 0.3) is 0 Å². The van der Waals surface area contributed by atoms with Gasteiger partial charge in [-0.25, -0.2) is 4.98 Å². The van der Waals surface area contributed by atoms with E-state index >= 15 is 0 Å². The van der Waals surface area contributed by atoms with Gasteiger partial charge in [-0.3, -0.25) is 9.55 Å². The number of hydrogen-bond acceptors (Lipinski definition) is 3. The van der Waals surface area contributed by atoms with E-state index < -0.39 is 0 Å². The number of pyridine rings is 1. The Bertz CT molecular complexity index is 3290. The lowest BCUT2D eigenvalue weighted by molar-refractivity contribution is 0.446. The topological polar surface area (TPSA) is 50.9 Å². The molecule has 0 spiro atoms. The first-order chi connectivity index (χ1) is 32.1. The Labute approximate surface area is 404 Å². The molecule has 0 radical (unpaired) electrons. The second-order valence-electron chi connectivity index (χ2n) is 22.6. The Balaban J connectivity index is 1.34. The number of fused-ring (bicyclic) bond motifs is 1. The molecule has 2 heterocycles. The molecule has 68 heavy (non-hydrogen) atoms. The van der Waals surface area contributed by atoms with Gasteiger partial charge < -0.3 is 5.11 Å². The maximum Gasteiger partial charge on any atom is 0.149 e. The van der Waals surface area contributed by atoms with Crippen LogP contribution in [0.15, 0.2) is 170 Å². The summed E-state index contributed by atoms with van der Waals surface area (Å²) in [5, 5.41) is 12.6. The number of nitrogens with zero attached hydrogens (tertiary/aromatic N) is 3. The smallest absolute Gasteiger partial charge is 0.149 e. The highest BCUT2D eigenvalue weighted by Gasteiger charge is 2.30. The Morgan fingerprint density at radius 3 is 1.60 bits per heavy atom. The van der Waals surface area contributed by atoms with E-state index in [9.17, 15) is 5.11 Å². The van der Waals surface area contributed by atoms with E-state index in [4.69, 9.17) is 9.97 Å². The number of benzene rings is 7. The van der Waals surface area contributed by atoms with Gasteiger partial charge in [-0.05, 0) is 126 Å². The maximum atomic E-state index is 12.6. The normalized spacial score (nSPS) is 12.5. The highest BCUT2D eigenvalue weighted by atomic mass is 16.3. The largest absolute Gasteiger partial charge is 0.507 e. The van der Waals surface area contributed by atoms with E-state index in [1.807, 2.05) is 6.20 Å². The molecule has 0 bridgehead atoms. The molecule has 0 aliphatic rings. The van der Waals surface area contributed by atoms with Gasteiger partial charge in [0.2, 0.25) is 0 Å². The van der Waals surface area contributed by atoms with Crippen molar-refractivity contribution >= 4 is 11.0 Å². The second kappa shape index (κ2) is 17.2. The van der Waals surface area contributed by atoms with Gasteiger partial charge in [0.15, 0.2) is 0 Å². The predicted octanol–water partition coefficient (Wildman–Crippen LogP) is 17.3.